The molecule has 0 aromatic heterocycles. The molecule has 1 unspecified atom stereocenters. The van der Waals surface area contributed by atoms with Crippen LogP contribution in [0.4, 0.5) is 4.79 Å². The maximum atomic E-state index is 14.3. The van der Waals surface area contributed by atoms with Crippen molar-refractivity contribution in [3.05, 3.63) is 35.9 Å². The van der Waals surface area contributed by atoms with E-state index in [0.29, 0.717) is 13.0 Å². The maximum Gasteiger partial charge on any atom is 0.329 e. The Kier molecular flexibility index (Phi) is 9.71. The predicted molar refractivity (Wildman–Crippen MR) is 172 cm³/mol. The van der Waals surface area contributed by atoms with E-state index < -0.39 is 65.1 Å². The van der Waals surface area contributed by atoms with Gasteiger partial charge in [0, 0.05) is 6.54 Å². The summed E-state index contributed by atoms with van der Waals surface area (Å²) < 4.78 is 5.56. The molecule has 12 nitrogen and oxygen atoms in total. The number of nitrogens with zero attached hydrogens (tertiary/aromatic N) is 1. The molecule has 5 N–H and O–H groups in total. The number of nitrogens with two attached hydrogens (primary N) is 1. The van der Waals surface area contributed by atoms with E-state index in [1.807, 2.05) is 65.0 Å². The molecule has 47 heavy (non-hydrogen) atoms. The quantitative estimate of drug-likeness (QED) is 0.187. The van der Waals surface area contributed by atoms with Crippen LogP contribution in [-0.2, 0) is 35.3 Å². The molecule has 0 radical (unpaired) electrons. The molecule has 0 spiro atoms. The van der Waals surface area contributed by atoms with Gasteiger partial charge < -0.3 is 31.3 Å². The van der Waals surface area contributed by atoms with Gasteiger partial charge in [0.25, 0.3) is 5.91 Å². The number of fused-ring (bicyclic) bond motifs is 1. The zero-order valence-electron chi connectivity index (χ0n) is 28.0. The third-order valence-electron chi connectivity index (χ3n) is 10.7. The molecule has 4 aliphatic rings. The van der Waals surface area contributed by atoms with Gasteiger partial charge in [-0.1, -0.05) is 84.2 Å². The minimum atomic E-state index is -1.10. The van der Waals surface area contributed by atoms with Crippen LogP contribution in [0.25, 0.3) is 0 Å². The summed E-state index contributed by atoms with van der Waals surface area (Å²) in [5.41, 5.74) is 5.18. The molecule has 12 heteroatoms. The third kappa shape index (κ3) is 7.62. The van der Waals surface area contributed by atoms with E-state index in [0.717, 1.165) is 37.7 Å². The number of Topliss-reactive ketones (excluding diaryl/α,β-unsaturated/α-hetero) is 1. The van der Waals surface area contributed by atoms with E-state index in [2.05, 4.69) is 16.0 Å². The van der Waals surface area contributed by atoms with Crippen LogP contribution < -0.4 is 21.7 Å². The van der Waals surface area contributed by atoms with Crippen molar-refractivity contribution in [3.8, 4) is 0 Å². The van der Waals surface area contributed by atoms with Crippen LogP contribution >= 0.6 is 0 Å². The van der Waals surface area contributed by atoms with Crippen LogP contribution in [0.1, 0.15) is 78.7 Å². The number of carbonyl (C=O) groups excluding carboxylic acids is 6. The number of ether oxygens (including phenoxy) is 1. The molecule has 5 amide bonds. The Morgan fingerprint density at radius 1 is 0.979 bits per heavy atom. The average Bonchev–Trinajstić information content (AvgIpc) is 3.83. The first-order chi connectivity index (χ1) is 22.1. The van der Waals surface area contributed by atoms with E-state index in [9.17, 15) is 28.8 Å². The van der Waals surface area contributed by atoms with Crippen LogP contribution in [0.5, 0.6) is 0 Å². The van der Waals surface area contributed by atoms with Gasteiger partial charge in [0.1, 0.15) is 24.7 Å². The van der Waals surface area contributed by atoms with E-state index >= 15 is 0 Å². The summed E-state index contributed by atoms with van der Waals surface area (Å²) in [5.74, 6) is -3.32. The number of benzene rings is 1. The van der Waals surface area contributed by atoms with Gasteiger partial charge in [-0.3, -0.25) is 19.2 Å². The Labute approximate surface area is 276 Å². The number of likely N-dealkylation sites (tertiary alicyclic amines) is 1. The Hall–Kier alpha value is -3.96. The fourth-order valence-corrected chi connectivity index (χ4v) is 7.25. The molecule has 1 saturated heterocycles. The number of primary amides is 1. The molecule has 0 bridgehead atoms. The van der Waals surface area contributed by atoms with Gasteiger partial charge in [-0.15, -0.1) is 0 Å². The Morgan fingerprint density at radius 2 is 1.64 bits per heavy atom. The lowest BCUT2D eigenvalue weighted by Crippen LogP contribution is -2.62. The van der Waals surface area contributed by atoms with Gasteiger partial charge in [0.05, 0.1) is 6.04 Å². The highest BCUT2D eigenvalue weighted by Crippen LogP contribution is 2.65. The number of esters is 1. The molecule has 1 aromatic carbocycles. The Morgan fingerprint density at radius 3 is 2.19 bits per heavy atom. The van der Waals surface area contributed by atoms with Crippen molar-refractivity contribution in [2.45, 2.75) is 104 Å². The van der Waals surface area contributed by atoms with Gasteiger partial charge in [-0.25, -0.2) is 9.59 Å². The smallest absolute Gasteiger partial charge is 0.329 e. The van der Waals surface area contributed by atoms with Crippen molar-refractivity contribution in [2.24, 2.45) is 40.2 Å². The first kappa shape index (κ1) is 34.4. The summed E-state index contributed by atoms with van der Waals surface area (Å²) in [7, 11) is 0. The number of amides is 5. The molecular weight excluding hydrogens is 602 g/mol. The minimum absolute atomic E-state index is 0.0627. The van der Waals surface area contributed by atoms with Crippen LogP contribution in [0.15, 0.2) is 30.3 Å². The second-order valence-electron chi connectivity index (χ2n) is 15.5. The third-order valence-corrected chi connectivity index (χ3v) is 10.7. The molecule has 256 valence electrons. The zero-order chi connectivity index (χ0) is 34.3. The molecule has 4 fully saturated rings. The van der Waals surface area contributed by atoms with Crippen LogP contribution in [0, 0.1) is 34.5 Å². The highest BCUT2D eigenvalue weighted by molar-refractivity contribution is 6.37. The van der Waals surface area contributed by atoms with E-state index in [-0.39, 0.29) is 35.7 Å². The summed E-state index contributed by atoms with van der Waals surface area (Å²) in [6.07, 6.45) is 4.65. The van der Waals surface area contributed by atoms with Crippen molar-refractivity contribution in [1.82, 2.24) is 20.9 Å². The van der Waals surface area contributed by atoms with Crippen molar-refractivity contribution < 1.29 is 33.5 Å². The molecule has 1 aromatic rings. The number of piperidine rings is 1. The molecular formula is C35H49N5O7. The molecule has 3 aliphatic carbocycles. The molecule has 1 heterocycles. The first-order valence-electron chi connectivity index (χ1n) is 16.8. The standard InChI is InChI=1S/C35H49N5O7/c1-34(2,3)28(39-33(46)38-25(21-12-9-13-21)32(45)47-18-20-10-7-6-8-11-20)31(44)40-17-22-24(35(22,4)5)26(40)30(43)37-23(16-19-14-15-19)27(41)29(36)42/h6-8,10-11,19,21-26,28H,9,12-18H2,1-5H3,(H2,36,42)(H,37,43)(H2,38,39,46)/t22-,23?,24-,25-,26-,28+/m0/s1. The van der Waals surface area contributed by atoms with Crippen LogP contribution in [0.2, 0.25) is 0 Å². The summed E-state index contributed by atoms with van der Waals surface area (Å²) in [5, 5.41) is 8.37. The second kappa shape index (κ2) is 13.3. The number of nitrogens with one attached hydrogen (secondary N) is 3. The highest BCUT2D eigenvalue weighted by atomic mass is 16.5. The van der Waals surface area contributed by atoms with E-state index in [1.165, 1.54) is 4.90 Å². The lowest BCUT2D eigenvalue weighted by Gasteiger charge is -2.38. The van der Waals surface area contributed by atoms with Crippen molar-refractivity contribution in [2.75, 3.05) is 6.54 Å². The molecule has 1 aliphatic heterocycles. The number of rotatable bonds is 13. The number of carbonyl (C=O) groups is 6. The fraction of sp³-hybridized carbons (Fsp3) is 0.657. The second-order valence-corrected chi connectivity index (χ2v) is 15.5. The van der Waals surface area contributed by atoms with Crippen molar-refractivity contribution in [3.63, 3.8) is 0 Å². The van der Waals surface area contributed by atoms with Gasteiger partial charge in [0.15, 0.2) is 0 Å². The van der Waals surface area contributed by atoms with Crippen molar-refractivity contribution in [1.29, 1.82) is 0 Å². The normalized spacial score (nSPS) is 24.9. The fourth-order valence-electron chi connectivity index (χ4n) is 7.25. The number of hydrogen-bond acceptors (Lipinski definition) is 7. The topological polar surface area (TPSA) is 177 Å². The number of urea groups is 1. The summed E-state index contributed by atoms with van der Waals surface area (Å²) in [4.78, 5) is 80.7. The van der Waals surface area contributed by atoms with E-state index in [1.54, 1.807) is 0 Å². The van der Waals surface area contributed by atoms with Gasteiger partial charge in [0.2, 0.25) is 17.6 Å². The van der Waals surface area contributed by atoms with Gasteiger partial charge in [-0.2, -0.15) is 0 Å². The van der Waals surface area contributed by atoms with Gasteiger partial charge >= 0.3 is 12.0 Å². The summed E-state index contributed by atoms with van der Waals surface area (Å²) in [6, 6.07) is 4.79. The predicted octanol–water partition coefficient (Wildman–Crippen LogP) is 2.43. The zero-order valence-corrected chi connectivity index (χ0v) is 28.0. The monoisotopic (exact) mass is 651 g/mol. The van der Waals surface area contributed by atoms with E-state index in [4.69, 9.17) is 10.5 Å². The average molecular weight is 652 g/mol. The largest absolute Gasteiger partial charge is 0.459 e. The van der Waals surface area contributed by atoms with Crippen LogP contribution in [0.3, 0.4) is 0 Å². The maximum absolute atomic E-state index is 14.3. The Bertz CT molecular complexity index is 1400. The van der Waals surface area contributed by atoms with Crippen LogP contribution in [-0.4, -0.2) is 71.1 Å². The lowest BCUT2D eigenvalue weighted by molar-refractivity contribution is -0.149. The number of ketones is 1. The Balaban J connectivity index is 1.29. The van der Waals surface area contributed by atoms with Crippen molar-refractivity contribution >= 4 is 35.5 Å². The molecule has 3 saturated carbocycles. The summed E-state index contributed by atoms with van der Waals surface area (Å²) >= 11 is 0. The molecule has 5 rings (SSSR count). The highest BCUT2D eigenvalue weighted by Gasteiger charge is 2.70. The SMILES string of the molecule is CC(C)(C)[C@H](NC(=O)N[C@H](C(=O)OCc1ccccc1)C1CCC1)C(=O)N1C[C@H]2[C@@H]([C@H]1C(=O)NC(CC1CC1)C(=O)C(N)=O)C2(C)C. The summed E-state index contributed by atoms with van der Waals surface area (Å²) in [6.45, 7) is 9.95. The lowest BCUT2D eigenvalue weighted by atomic mass is 9.79. The first-order valence-corrected chi connectivity index (χ1v) is 16.8. The van der Waals surface area contributed by atoms with Gasteiger partial charge in [-0.05, 0) is 59.3 Å². The minimum Gasteiger partial charge on any atom is -0.459 e. The number of hydrogen-bond donors (Lipinski definition) is 4. The molecule has 6 atom stereocenters.